The molecule has 0 radical (unpaired) electrons. The van der Waals surface area contributed by atoms with Crippen LogP contribution in [0.25, 0.3) is 32.2 Å². The van der Waals surface area contributed by atoms with Crippen LogP contribution >= 0.6 is 11.3 Å². The zero-order chi connectivity index (χ0) is 26.1. The number of rotatable bonds is 8. The fourth-order valence-electron chi connectivity index (χ4n) is 5.10. The van der Waals surface area contributed by atoms with Crippen LogP contribution < -0.4 is 16.4 Å². The molecule has 5 N–H and O–H groups in total. The first-order chi connectivity index (χ1) is 17.8. The van der Waals surface area contributed by atoms with Gasteiger partial charge in [-0.1, -0.05) is 35.6 Å². The van der Waals surface area contributed by atoms with Gasteiger partial charge in [-0.15, -0.1) is 0 Å². The lowest BCUT2D eigenvalue weighted by atomic mass is 9.99. The molecule has 8 nitrogen and oxygen atoms in total. The SMILES string of the molecule is CC(C)Nc1ncc(-c2ccc(CC(N)=O)c3[nH]c4cc(CC(=O)NC5CCN(C)CC5)ccc4c23)s1. The number of likely N-dealkylation sites (tertiary alicyclic amines) is 1. The van der Waals surface area contributed by atoms with E-state index in [4.69, 9.17) is 5.73 Å². The lowest BCUT2D eigenvalue weighted by molar-refractivity contribution is -0.121. The summed E-state index contributed by atoms with van der Waals surface area (Å²) in [6.45, 7) is 6.19. The standard InChI is InChI=1S/C28H34N6O2S/c1-16(2)31-28-30-15-23(37-28)21-7-5-18(14-24(29)35)27-26(21)20-6-4-17(12-22(20)33-27)13-25(36)32-19-8-10-34(3)11-9-19/h4-7,12,15-16,19,33H,8-11,13-14H2,1-3H3,(H2,29,35)(H,30,31)(H,32,36). The molecule has 1 aliphatic heterocycles. The second-order valence-corrected chi connectivity index (χ2v) is 11.4. The van der Waals surface area contributed by atoms with E-state index >= 15 is 0 Å². The van der Waals surface area contributed by atoms with Gasteiger partial charge in [-0.3, -0.25) is 9.59 Å². The van der Waals surface area contributed by atoms with Crippen LogP contribution in [-0.4, -0.2) is 58.9 Å². The summed E-state index contributed by atoms with van der Waals surface area (Å²) in [6, 6.07) is 10.7. The highest BCUT2D eigenvalue weighted by Crippen LogP contribution is 2.39. The molecule has 9 heteroatoms. The van der Waals surface area contributed by atoms with Crippen molar-refractivity contribution in [2.75, 3.05) is 25.5 Å². The molecule has 0 spiro atoms. The number of H-pyrrole nitrogens is 1. The van der Waals surface area contributed by atoms with Crippen LogP contribution in [0.5, 0.6) is 0 Å². The summed E-state index contributed by atoms with van der Waals surface area (Å²) in [6.07, 6.45) is 4.34. The van der Waals surface area contributed by atoms with Gasteiger partial charge in [-0.2, -0.15) is 0 Å². The summed E-state index contributed by atoms with van der Waals surface area (Å²) in [4.78, 5) is 36.0. The number of fused-ring (bicyclic) bond motifs is 3. The minimum absolute atomic E-state index is 0.0509. The van der Waals surface area contributed by atoms with Crippen LogP contribution in [0.15, 0.2) is 36.5 Å². The maximum absolute atomic E-state index is 12.8. The van der Waals surface area contributed by atoms with Gasteiger partial charge in [0.05, 0.1) is 23.2 Å². The fraction of sp³-hybridized carbons (Fsp3) is 0.393. The number of nitrogens with two attached hydrogens (primary N) is 1. The number of aromatic amines is 1. The Bertz CT molecular complexity index is 1450. The average molecular weight is 519 g/mol. The third-order valence-corrected chi connectivity index (χ3v) is 7.86. The molecule has 3 heterocycles. The van der Waals surface area contributed by atoms with E-state index in [2.05, 4.69) is 52.5 Å². The topological polar surface area (TPSA) is 116 Å². The molecule has 1 saturated heterocycles. The molecule has 4 aromatic rings. The Hall–Kier alpha value is -3.43. The lowest BCUT2D eigenvalue weighted by Gasteiger charge is -2.29. The summed E-state index contributed by atoms with van der Waals surface area (Å²) >= 11 is 1.61. The number of hydrogen-bond donors (Lipinski definition) is 4. The van der Waals surface area contributed by atoms with Crippen LogP contribution in [0.2, 0.25) is 0 Å². The third kappa shape index (κ3) is 5.62. The maximum Gasteiger partial charge on any atom is 0.224 e. The highest BCUT2D eigenvalue weighted by Gasteiger charge is 2.20. The number of nitrogens with zero attached hydrogens (tertiary/aromatic N) is 2. The van der Waals surface area contributed by atoms with Gasteiger partial charge in [0.2, 0.25) is 11.8 Å². The van der Waals surface area contributed by atoms with Crippen molar-refractivity contribution in [3.05, 3.63) is 47.7 Å². The van der Waals surface area contributed by atoms with Gasteiger partial charge >= 0.3 is 0 Å². The number of thiazole rings is 1. The van der Waals surface area contributed by atoms with Gasteiger partial charge in [0.1, 0.15) is 0 Å². The average Bonchev–Trinajstić information content (AvgIpc) is 3.45. The van der Waals surface area contributed by atoms with Crippen molar-refractivity contribution in [1.82, 2.24) is 20.2 Å². The predicted molar refractivity (Wildman–Crippen MR) is 151 cm³/mol. The van der Waals surface area contributed by atoms with E-state index < -0.39 is 0 Å². The number of hydrogen-bond acceptors (Lipinski definition) is 6. The zero-order valence-corrected chi connectivity index (χ0v) is 22.4. The number of carbonyl (C=O) groups is 2. The van der Waals surface area contributed by atoms with Crippen molar-refractivity contribution >= 4 is 50.1 Å². The Morgan fingerprint density at radius 3 is 2.70 bits per heavy atom. The molecule has 1 aliphatic rings. The van der Waals surface area contributed by atoms with Gasteiger partial charge in [0, 0.05) is 40.1 Å². The van der Waals surface area contributed by atoms with Crippen molar-refractivity contribution in [2.24, 2.45) is 5.73 Å². The van der Waals surface area contributed by atoms with Gasteiger partial charge in [-0.25, -0.2) is 4.98 Å². The van der Waals surface area contributed by atoms with E-state index in [0.29, 0.717) is 12.5 Å². The van der Waals surface area contributed by atoms with Crippen molar-refractivity contribution in [3.8, 4) is 10.4 Å². The summed E-state index contributed by atoms with van der Waals surface area (Å²) in [5.74, 6) is -0.324. The smallest absolute Gasteiger partial charge is 0.224 e. The van der Waals surface area contributed by atoms with Crippen molar-refractivity contribution < 1.29 is 9.59 Å². The number of primary amides is 1. The van der Waals surface area contributed by atoms with E-state index in [0.717, 1.165) is 74.4 Å². The molecule has 0 atom stereocenters. The molecule has 194 valence electrons. The minimum atomic E-state index is -0.375. The number of amides is 2. The third-order valence-electron chi connectivity index (χ3n) is 6.90. The number of benzene rings is 2. The van der Waals surface area contributed by atoms with Crippen molar-refractivity contribution in [2.45, 2.75) is 51.6 Å². The number of carbonyl (C=O) groups excluding carboxylic acids is 2. The van der Waals surface area contributed by atoms with E-state index in [1.807, 2.05) is 30.5 Å². The second kappa shape index (κ2) is 10.5. The van der Waals surface area contributed by atoms with Gasteiger partial charge < -0.3 is 26.3 Å². The lowest BCUT2D eigenvalue weighted by Crippen LogP contribution is -2.43. The molecule has 2 amide bonds. The van der Waals surface area contributed by atoms with Crippen LogP contribution in [0, 0.1) is 0 Å². The molecule has 37 heavy (non-hydrogen) atoms. The normalized spacial score (nSPS) is 15.0. The van der Waals surface area contributed by atoms with E-state index in [-0.39, 0.29) is 24.3 Å². The number of anilines is 1. The molecule has 0 unspecified atom stereocenters. The largest absolute Gasteiger partial charge is 0.369 e. The fourth-order valence-corrected chi connectivity index (χ4v) is 6.09. The molecular weight excluding hydrogens is 484 g/mol. The molecular formula is C28H34N6O2S. The van der Waals surface area contributed by atoms with Gasteiger partial charge in [0.25, 0.3) is 0 Å². The molecule has 1 fully saturated rings. The van der Waals surface area contributed by atoms with E-state index in [1.54, 1.807) is 11.3 Å². The molecule has 0 aliphatic carbocycles. The number of nitrogens with one attached hydrogen (secondary N) is 3. The second-order valence-electron chi connectivity index (χ2n) is 10.3. The molecule has 2 aromatic carbocycles. The van der Waals surface area contributed by atoms with Crippen LogP contribution in [0.4, 0.5) is 5.13 Å². The van der Waals surface area contributed by atoms with Gasteiger partial charge in [0.15, 0.2) is 5.13 Å². The first kappa shape index (κ1) is 25.2. The molecule has 0 saturated carbocycles. The molecule has 0 bridgehead atoms. The highest BCUT2D eigenvalue weighted by atomic mass is 32.1. The summed E-state index contributed by atoms with van der Waals surface area (Å²) in [7, 11) is 2.12. The quantitative estimate of drug-likeness (QED) is 0.281. The van der Waals surface area contributed by atoms with E-state index in [9.17, 15) is 9.59 Å². The monoisotopic (exact) mass is 518 g/mol. The zero-order valence-electron chi connectivity index (χ0n) is 21.6. The molecule has 5 rings (SSSR count). The Morgan fingerprint density at radius 2 is 1.97 bits per heavy atom. The first-order valence-electron chi connectivity index (χ1n) is 12.8. The van der Waals surface area contributed by atoms with Crippen molar-refractivity contribution in [3.63, 3.8) is 0 Å². The first-order valence-corrected chi connectivity index (χ1v) is 13.6. The van der Waals surface area contributed by atoms with Crippen LogP contribution in [-0.2, 0) is 22.4 Å². The van der Waals surface area contributed by atoms with Crippen LogP contribution in [0.3, 0.4) is 0 Å². The Labute approximate surface area is 220 Å². The number of aromatic nitrogens is 2. The highest BCUT2D eigenvalue weighted by molar-refractivity contribution is 7.19. The maximum atomic E-state index is 12.8. The molecule has 2 aromatic heterocycles. The number of piperidine rings is 1. The minimum Gasteiger partial charge on any atom is -0.369 e. The summed E-state index contributed by atoms with van der Waals surface area (Å²) in [5.41, 5.74) is 10.2. The summed E-state index contributed by atoms with van der Waals surface area (Å²) < 4.78 is 0. The van der Waals surface area contributed by atoms with E-state index in [1.165, 1.54) is 0 Å². The van der Waals surface area contributed by atoms with Crippen molar-refractivity contribution in [1.29, 1.82) is 0 Å². The summed E-state index contributed by atoms with van der Waals surface area (Å²) in [5, 5.41) is 9.52. The van der Waals surface area contributed by atoms with Gasteiger partial charge in [-0.05, 0) is 64.0 Å². The predicted octanol–water partition coefficient (Wildman–Crippen LogP) is 4.05. The Kier molecular flexibility index (Phi) is 7.17. The Balaban J connectivity index is 1.48. The van der Waals surface area contributed by atoms with Crippen LogP contribution in [0.1, 0.15) is 37.8 Å². The Morgan fingerprint density at radius 1 is 1.19 bits per heavy atom.